The summed E-state index contributed by atoms with van der Waals surface area (Å²) in [6, 6.07) is 6.43. The molecule has 5 atom stereocenters. The van der Waals surface area contributed by atoms with Crippen molar-refractivity contribution in [3.63, 3.8) is 0 Å². The molecule has 2 aromatic rings. The van der Waals surface area contributed by atoms with Gasteiger partial charge in [0.15, 0.2) is 17.8 Å². The minimum atomic E-state index is -1.55. The van der Waals surface area contributed by atoms with Gasteiger partial charge in [-0.2, -0.15) is 0 Å². The zero-order valence-corrected chi connectivity index (χ0v) is 15.5. The van der Waals surface area contributed by atoms with Gasteiger partial charge in [0.1, 0.15) is 36.7 Å². The fraction of sp³-hybridized carbons (Fsp3) is 0.368. The highest BCUT2D eigenvalue weighted by Gasteiger charge is 2.44. The van der Waals surface area contributed by atoms with Crippen LogP contribution in [-0.2, 0) is 16.1 Å². The second-order valence-electron chi connectivity index (χ2n) is 6.95. The van der Waals surface area contributed by atoms with Crippen LogP contribution in [0.4, 0.5) is 0 Å². The predicted molar refractivity (Wildman–Crippen MR) is 97.0 cm³/mol. The number of rotatable bonds is 5. The van der Waals surface area contributed by atoms with E-state index in [2.05, 4.69) is 10.3 Å². The molecule has 0 amide bonds. The molecule has 0 bridgehead atoms. The van der Waals surface area contributed by atoms with Crippen LogP contribution in [0.25, 0.3) is 0 Å². The van der Waals surface area contributed by atoms with Crippen molar-refractivity contribution in [1.82, 2.24) is 15.0 Å². The molecule has 4 rings (SSSR count). The van der Waals surface area contributed by atoms with Gasteiger partial charge in [0, 0.05) is 17.2 Å². The van der Waals surface area contributed by atoms with Crippen LogP contribution in [0.15, 0.2) is 42.3 Å². The maximum absolute atomic E-state index is 12.5. The number of aliphatic hydroxyl groups excluding tert-OH is 4. The van der Waals surface area contributed by atoms with E-state index in [9.17, 15) is 30.0 Å². The number of ketones is 2. The number of nitrogens with zero attached hydrogens (tertiary/aromatic N) is 3. The Morgan fingerprint density at radius 2 is 1.80 bits per heavy atom. The van der Waals surface area contributed by atoms with E-state index in [1.807, 2.05) is 0 Å². The van der Waals surface area contributed by atoms with Gasteiger partial charge >= 0.3 is 0 Å². The number of allylic oxidation sites excluding steroid dienone is 2. The van der Waals surface area contributed by atoms with Gasteiger partial charge in [-0.05, 0) is 0 Å². The third-order valence-corrected chi connectivity index (χ3v) is 4.98. The van der Waals surface area contributed by atoms with Crippen molar-refractivity contribution in [2.75, 3.05) is 6.61 Å². The standard InChI is InChI=1S/C19H19N3O8/c23-7-14-16(26)17(27)18(28)19(30-14)22-6-9(20-21-22)8-29-13-5-12(24)10-3-1-2-4-11(10)15(13)25/h1-6,14,16-19,23,26-28H,7-8H2/t14-,16-,17+,18-,19-/m1/s1. The highest BCUT2D eigenvalue weighted by molar-refractivity contribution is 6.23. The fourth-order valence-corrected chi connectivity index (χ4v) is 3.35. The van der Waals surface area contributed by atoms with Gasteiger partial charge in [-0.3, -0.25) is 9.59 Å². The second-order valence-corrected chi connectivity index (χ2v) is 6.95. The lowest BCUT2D eigenvalue weighted by atomic mass is 9.94. The summed E-state index contributed by atoms with van der Waals surface area (Å²) in [5, 5.41) is 46.8. The number of aromatic nitrogens is 3. The van der Waals surface area contributed by atoms with Gasteiger partial charge in [-0.1, -0.05) is 29.5 Å². The lowest BCUT2D eigenvalue weighted by molar-refractivity contribution is -0.254. The molecule has 1 aliphatic heterocycles. The van der Waals surface area contributed by atoms with Crippen LogP contribution >= 0.6 is 0 Å². The van der Waals surface area contributed by atoms with Gasteiger partial charge < -0.3 is 29.9 Å². The van der Waals surface area contributed by atoms with E-state index < -0.39 is 43.0 Å². The van der Waals surface area contributed by atoms with E-state index in [1.165, 1.54) is 6.20 Å². The number of fused-ring (bicyclic) bond motifs is 1. The Bertz CT molecular complexity index is 1000. The number of hydrogen-bond acceptors (Lipinski definition) is 10. The van der Waals surface area contributed by atoms with Crippen LogP contribution in [0.2, 0.25) is 0 Å². The molecular formula is C19H19N3O8. The number of ether oxygens (including phenoxy) is 2. The second kappa shape index (κ2) is 8.05. The monoisotopic (exact) mass is 417 g/mol. The average Bonchev–Trinajstić information content (AvgIpc) is 3.22. The van der Waals surface area contributed by atoms with Gasteiger partial charge in [-0.25, -0.2) is 4.68 Å². The minimum Gasteiger partial charge on any atom is -0.483 e. The molecule has 1 aromatic heterocycles. The SMILES string of the molecule is O=C1C=C(OCc2cn([C@@H]3O[C@H](CO)[C@@H](O)[C@H](O)[C@H]3O)nn2)C(=O)c2ccccc21. The molecule has 4 N–H and O–H groups in total. The molecule has 2 heterocycles. The molecule has 158 valence electrons. The van der Waals surface area contributed by atoms with Crippen LogP contribution in [0.3, 0.4) is 0 Å². The number of aliphatic hydroxyl groups is 4. The molecule has 1 aliphatic carbocycles. The zero-order chi connectivity index (χ0) is 21.4. The van der Waals surface area contributed by atoms with Crippen molar-refractivity contribution >= 4 is 11.6 Å². The topological polar surface area (TPSA) is 164 Å². The van der Waals surface area contributed by atoms with Crippen molar-refractivity contribution in [3.8, 4) is 0 Å². The minimum absolute atomic E-state index is 0.124. The van der Waals surface area contributed by atoms with Crippen molar-refractivity contribution < 1.29 is 39.5 Å². The number of carbonyl (C=O) groups is 2. The van der Waals surface area contributed by atoms with Crippen LogP contribution in [-0.4, -0.2) is 78.0 Å². The Morgan fingerprint density at radius 3 is 2.53 bits per heavy atom. The summed E-state index contributed by atoms with van der Waals surface area (Å²) in [4.78, 5) is 24.7. The fourth-order valence-electron chi connectivity index (χ4n) is 3.35. The van der Waals surface area contributed by atoms with Crippen molar-refractivity contribution in [3.05, 3.63) is 59.1 Å². The molecule has 1 fully saturated rings. The Labute approximate surface area is 169 Å². The van der Waals surface area contributed by atoms with Crippen LogP contribution in [0, 0.1) is 0 Å². The summed E-state index contributed by atoms with van der Waals surface area (Å²) in [7, 11) is 0. The number of carbonyl (C=O) groups excluding carboxylic acids is 2. The van der Waals surface area contributed by atoms with Crippen LogP contribution in [0.5, 0.6) is 0 Å². The molecular weight excluding hydrogens is 398 g/mol. The van der Waals surface area contributed by atoms with E-state index in [0.29, 0.717) is 5.56 Å². The van der Waals surface area contributed by atoms with Gasteiger partial charge in [0.25, 0.3) is 0 Å². The average molecular weight is 417 g/mol. The van der Waals surface area contributed by atoms with Crippen LogP contribution < -0.4 is 0 Å². The number of hydrogen-bond donors (Lipinski definition) is 4. The summed E-state index contributed by atoms with van der Waals surface area (Å²) >= 11 is 0. The zero-order valence-electron chi connectivity index (χ0n) is 15.5. The number of benzene rings is 1. The molecule has 11 nitrogen and oxygen atoms in total. The van der Waals surface area contributed by atoms with Crippen LogP contribution in [0.1, 0.15) is 32.6 Å². The first-order valence-electron chi connectivity index (χ1n) is 9.14. The van der Waals surface area contributed by atoms with E-state index in [-0.39, 0.29) is 29.4 Å². The Balaban J connectivity index is 1.46. The van der Waals surface area contributed by atoms with Gasteiger partial charge in [0.2, 0.25) is 5.78 Å². The smallest absolute Gasteiger partial charge is 0.228 e. The first kappa shape index (κ1) is 20.3. The molecule has 30 heavy (non-hydrogen) atoms. The van der Waals surface area contributed by atoms with Crippen molar-refractivity contribution in [2.45, 2.75) is 37.3 Å². The lowest BCUT2D eigenvalue weighted by Crippen LogP contribution is -2.56. The predicted octanol–water partition coefficient (Wildman–Crippen LogP) is -1.27. The molecule has 0 saturated carbocycles. The molecule has 1 saturated heterocycles. The van der Waals surface area contributed by atoms with Crippen molar-refractivity contribution in [2.24, 2.45) is 0 Å². The van der Waals surface area contributed by atoms with E-state index in [4.69, 9.17) is 9.47 Å². The Morgan fingerprint density at radius 1 is 1.07 bits per heavy atom. The van der Waals surface area contributed by atoms with E-state index in [1.54, 1.807) is 24.3 Å². The first-order valence-corrected chi connectivity index (χ1v) is 9.14. The van der Waals surface area contributed by atoms with E-state index >= 15 is 0 Å². The summed E-state index contributed by atoms with van der Waals surface area (Å²) in [6.07, 6.45) is -4.38. The molecule has 11 heteroatoms. The number of Topliss-reactive ketones (excluding diaryl/α,β-unsaturated/α-hetero) is 1. The van der Waals surface area contributed by atoms with E-state index in [0.717, 1.165) is 10.8 Å². The maximum Gasteiger partial charge on any atom is 0.228 e. The molecule has 1 aromatic carbocycles. The van der Waals surface area contributed by atoms with Gasteiger partial charge in [0.05, 0.1) is 12.8 Å². The van der Waals surface area contributed by atoms with Gasteiger partial charge in [-0.15, -0.1) is 5.10 Å². The molecule has 2 aliphatic rings. The summed E-state index contributed by atoms with van der Waals surface area (Å²) in [5.74, 6) is -0.891. The largest absolute Gasteiger partial charge is 0.483 e. The molecule has 0 unspecified atom stereocenters. The molecule has 0 spiro atoms. The quantitative estimate of drug-likeness (QED) is 0.461. The highest BCUT2D eigenvalue weighted by atomic mass is 16.6. The van der Waals surface area contributed by atoms with Crippen molar-refractivity contribution in [1.29, 1.82) is 0 Å². The lowest BCUT2D eigenvalue weighted by Gasteiger charge is -2.39. The Hall–Kier alpha value is -2.96. The maximum atomic E-state index is 12.5. The first-order chi connectivity index (χ1) is 14.4. The highest BCUT2D eigenvalue weighted by Crippen LogP contribution is 2.28. The summed E-state index contributed by atoms with van der Waals surface area (Å²) in [5.41, 5.74) is 0.820. The molecule has 0 radical (unpaired) electrons. The normalized spacial score (nSPS) is 28.8. The third kappa shape index (κ3) is 3.53. The third-order valence-electron chi connectivity index (χ3n) is 4.98. The Kier molecular flexibility index (Phi) is 5.45. The summed E-state index contributed by atoms with van der Waals surface area (Å²) in [6.45, 7) is -0.762. The summed E-state index contributed by atoms with van der Waals surface area (Å²) < 4.78 is 12.0.